The molecule has 2 fully saturated rings. The summed E-state index contributed by atoms with van der Waals surface area (Å²) < 4.78 is 2.29. The second-order valence-corrected chi connectivity index (χ2v) is 7.71. The molecule has 1 saturated carbocycles. The number of likely N-dealkylation sites (tertiary alicyclic amines) is 1. The summed E-state index contributed by atoms with van der Waals surface area (Å²) in [6.07, 6.45) is 7.66. The number of amides is 1. The SMILES string of the molecule is CCC1(C(=O)N2CCC(c3nnc4n3CCNC4)CC2)CCCC1. The Morgan fingerprint density at radius 3 is 2.67 bits per heavy atom. The lowest BCUT2D eigenvalue weighted by Crippen LogP contribution is -2.46. The average molecular weight is 331 g/mol. The monoisotopic (exact) mass is 331 g/mol. The fraction of sp³-hybridized carbons (Fsp3) is 0.833. The fourth-order valence-electron chi connectivity index (χ4n) is 4.86. The molecule has 132 valence electrons. The molecule has 24 heavy (non-hydrogen) atoms. The minimum atomic E-state index is -0.0491. The van der Waals surface area contributed by atoms with Gasteiger partial charge in [-0.15, -0.1) is 10.2 Å². The van der Waals surface area contributed by atoms with Gasteiger partial charge in [-0.05, 0) is 32.1 Å². The molecule has 1 aliphatic carbocycles. The van der Waals surface area contributed by atoms with Crippen LogP contribution in [0.2, 0.25) is 0 Å². The lowest BCUT2D eigenvalue weighted by Gasteiger charge is -2.38. The highest BCUT2D eigenvalue weighted by Crippen LogP contribution is 2.43. The van der Waals surface area contributed by atoms with E-state index in [9.17, 15) is 4.79 Å². The van der Waals surface area contributed by atoms with Crippen molar-refractivity contribution in [2.24, 2.45) is 5.41 Å². The molecule has 1 amide bonds. The van der Waals surface area contributed by atoms with Crippen LogP contribution in [0, 0.1) is 5.41 Å². The quantitative estimate of drug-likeness (QED) is 0.921. The lowest BCUT2D eigenvalue weighted by molar-refractivity contribution is -0.143. The number of aromatic nitrogens is 3. The average Bonchev–Trinajstić information content (AvgIpc) is 3.29. The van der Waals surface area contributed by atoms with Crippen molar-refractivity contribution in [1.29, 1.82) is 0 Å². The van der Waals surface area contributed by atoms with Crippen LogP contribution in [-0.2, 0) is 17.9 Å². The summed E-state index contributed by atoms with van der Waals surface area (Å²) in [5, 5.41) is 12.2. The largest absolute Gasteiger partial charge is 0.342 e. The zero-order valence-corrected chi connectivity index (χ0v) is 14.8. The van der Waals surface area contributed by atoms with Crippen LogP contribution in [0.5, 0.6) is 0 Å². The second kappa shape index (κ2) is 6.47. The van der Waals surface area contributed by atoms with Crippen LogP contribution >= 0.6 is 0 Å². The van der Waals surface area contributed by atoms with E-state index in [0.717, 1.165) is 76.5 Å². The summed E-state index contributed by atoms with van der Waals surface area (Å²) in [5.41, 5.74) is -0.0491. The third-order valence-corrected chi connectivity index (χ3v) is 6.49. The van der Waals surface area contributed by atoms with Gasteiger partial charge in [0.1, 0.15) is 11.6 Å². The summed E-state index contributed by atoms with van der Waals surface area (Å²) in [6, 6.07) is 0. The summed E-state index contributed by atoms with van der Waals surface area (Å²) in [5.74, 6) is 3.08. The first-order valence-electron chi connectivity index (χ1n) is 9.65. The molecular formula is C18H29N5O. The van der Waals surface area contributed by atoms with Gasteiger partial charge in [0.2, 0.25) is 5.91 Å². The van der Waals surface area contributed by atoms with Gasteiger partial charge in [-0.25, -0.2) is 0 Å². The van der Waals surface area contributed by atoms with E-state index in [-0.39, 0.29) is 5.41 Å². The van der Waals surface area contributed by atoms with E-state index < -0.39 is 0 Å². The van der Waals surface area contributed by atoms with Crippen molar-refractivity contribution in [3.05, 3.63) is 11.6 Å². The van der Waals surface area contributed by atoms with Crippen molar-refractivity contribution in [3.63, 3.8) is 0 Å². The predicted octanol–water partition coefficient (Wildman–Crippen LogP) is 2.06. The van der Waals surface area contributed by atoms with Gasteiger partial charge in [0.25, 0.3) is 0 Å². The molecule has 1 N–H and O–H groups in total. The van der Waals surface area contributed by atoms with Gasteiger partial charge < -0.3 is 14.8 Å². The first kappa shape index (κ1) is 16.1. The van der Waals surface area contributed by atoms with Crippen molar-refractivity contribution in [1.82, 2.24) is 25.0 Å². The van der Waals surface area contributed by atoms with E-state index >= 15 is 0 Å². The van der Waals surface area contributed by atoms with Crippen molar-refractivity contribution >= 4 is 5.91 Å². The molecule has 0 bridgehead atoms. The summed E-state index contributed by atoms with van der Waals surface area (Å²) in [6.45, 7) is 6.73. The smallest absolute Gasteiger partial charge is 0.228 e. The Kier molecular flexibility index (Phi) is 4.33. The predicted molar refractivity (Wildman–Crippen MR) is 91.5 cm³/mol. The Labute approximate surface area is 144 Å². The van der Waals surface area contributed by atoms with Crippen molar-refractivity contribution in [2.45, 2.75) is 70.9 Å². The van der Waals surface area contributed by atoms with Gasteiger partial charge in [0.15, 0.2) is 0 Å². The maximum Gasteiger partial charge on any atom is 0.228 e. The molecule has 2 aliphatic heterocycles. The molecule has 3 heterocycles. The molecule has 1 saturated heterocycles. The third kappa shape index (κ3) is 2.65. The van der Waals surface area contributed by atoms with Crippen molar-refractivity contribution in [3.8, 4) is 0 Å². The molecule has 0 radical (unpaired) electrons. The molecule has 1 aromatic rings. The first-order valence-corrected chi connectivity index (χ1v) is 9.65. The number of hydrogen-bond donors (Lipinski definition) is 1. The lowest BCUT2D eigenvalue weighted by atomic mass is 9.81. The van der Waals surface area contributed by atoms with E-state index in [2.05, 4.69) is 31.9 Å². The van der Waals surface area contributed by atoms with Crippen LogP contribution in [0.1, 0.15) is 69.4 Å². The van der Waals surface area contributed by atoms with Gasteiger partial charge in [0, 0.05) is 37.5 Å². The van der Waals surface area contributed by atoms with Gasteiger partial charge in [0.05, 0.1) is 6.54 Å². The Bertz CT molecular complexity index is 597. The number of carbonyl (C=O) groups is 1. The van der Waals surface area contributed by atoms with Crippen LogP contribution in [0.3, 0.4) is 0 Å². The molecule has 0 aromatic carbocycles. The molecular weight excluding hydrogens is 302 g/mol. The molecule has 1 aromatic heterocycles. The fourth-order valence-corrected chi connectivity index (χ4v) is 4.86. The van der Waals surface area contributed by atoms with Gasteiger partial charge in [-0.1, -0.05) is 19.8 Å². The molecule has 3 aliphatic rings. The van der Waals surface area contributed by atoms with E-state index in [4.69, 9.17) is 0 Å². The Morgan fingerprint density at radius 2 is 1.96 bits per heavy atom. The first-order chi connectivity index (χ1) is 11.7. The number of piperidine rings is 1. The third-order valence-electron chi connectivity index (χ3n) is 6.49. The highest BCUT2D eigenvalue weighted by atomic mass is 16.2. The van der Waals surface area contributed by atoms with Crippen LogP contribution in [0.4, 0.5) is 0 Å². The summed E-state index contributed by atoms with van der Waals surface area (Å²) in [7, 11) is 0. The molecule has 0 unspecified atom stereocenters. The van der Waals surface area contributed by atoms with Crippen LogP contribution in [0.15, 0.2) is 0 Å². The maximum atomic E-state index is 13.1. The number of nitrogens with one attached hydrogen (secondary N) is 1. The Balaban J connectivity index is 1.42. The number of nitrogens with zero attached hydrogens (tertiary/aromatic N) is 4. The van der Waals surface area contributed by atoms with Gasteiger partial charge >= 0.3 is 0 Å². The molecule has 0 atom stereocenters. The van der Waals surface area contributed by atoms with Crippen LogP contribution < -0.4 is 5.32 Å². The van der Waals surface area contributed by atoms with E-state index in [0.29, 0.717) is 11.8 Å². The minimum Gasteiger partial charge on any atom is -0.342 e. The number of hydrogen-bond acceptors (Lipinski definition) is 4. The van der Waals surface area contributed by atoms with Crippen molar-refractivity contribution < 1.29 is 4.79 Å². The Morgan fingerprint density at radius 1 is 1.21 bits per heavy atom. The van der Waals surface area contributed by atoms with Crippen LogP contribution in [-0.4, -0.2) is 45.2 Å². The zero-order valence-electron chi connectivity index (χ0n) is 14.8. The van der Waals surface area contributed by atoms with E-state index in [1.54, 1.807) is 0 Å². The standard InChI is InChI=1S/C18H29N5O/c1-2-18(7-3-4-8-18)17(24)22-10-5-14(6-11-22)16-21-20-15-13-19-9-12-23(15)16/h14,19H,2-13H2,1H3. The number of rotatable bonds is 3. The van der Waals surface area contributed by atoms with Gasteiger partial charge in [-0.3, -0.25) is 4.79 Å². The normalized spacial score (nSPS) is 24.1. The minimum absolute atomic E-state index is 0.0491. The summed E-state index contributed by atoms with van der Waals surface area (Å²) >= 11 is 0. The number of carbonyl (C=O) groups excluding carboxylic acids is 1. The topological polar surface area (TPSA) is 63.1 Å². The zero-order chi connectivity index (χ0) is 16.6. The highest BCUT2D eigenvalue weighted by molar-refractivity contribution is 5.83. The molecule has 4 rings (SSSR count). The summed E-state index contributed by atoms with van der Waals surface area (Å²) in [4.78, 5) is 15.2. The Hall–Kier alpha value is -1.43. The maximum absolute atomic E-state index is 13.1. The van der Waals surface area contributed by atoms with Crippen LogP contribution in [0.25, 0.3) is 0 Å². The number of fused-ring (bicyclic) bond motifs is 1. The molecule has 0 spiro atoms. The van der Waals surface area contributed by atoms with E-state index in [1.165, 1.54) is 12.8 Å². The second-order valence-electron chi connectivity index (χ2n) is 7.71. The van der Waals surface area contributed by atoms with Crippen molar-refractivity contribution in [2.75, 3.05) is 19.6 Å². The molecule has 6 heteroatoms. The highest BCUT2D eigenvalue weighted by Gasteiger charge is 2.42. The van der Waals surface area contributed by atoms with Gasteiger partial charge in [-0.2, -0.15) is 0 Å². The molecule has 6 nitrogen and oxygen atoms in total. The van der Waals surface area contributed by atoms with E-state index in [1.807, 2.05) is 0 Å².